The molecule has 0 aliphatic rings. The van der Waals surface area contributed by atoms with Crippen LogP contribution in [0.5, 0.6) is 0 Å². The molecule has 2 rings (SSSR count). The average molecular weight is 325 g/mol. The lowest BCUT2D eigenvalue weighted by molar-refractivity contribution is 0.0306. The Morgan fingerprint density at radius 2 is 1.46 bits per heavy atom. The Labute approximate surface area is 142 Å². The fourth-order valence-corrected chi connectivity index (χ4v) is 2.45. The van der Waals surface area contributed by atoms with Crippen LogP contribution < -0.4 is 5.32 Å². The SMILES string of the molecule is CC(CC(C)OC(=O)c1ccccc1)NCC(=O)c1ccccc1. The van der Waals surface area contributed by atoms with E-state index in [2.05, 4.69) is 5.32 Å². The van der Waals surface area contributed by atoms with Gasteiger partial charge in [0.15, 0.2) is 5.78 Å². The van der Waals surface area contributed by atoms with Gasteiger partial charge in [0.25, 0.3) is 0 Å². The van der Waals surface area contributed by atoms with E-state index in [1.165, 1.54) is 0 Å². The van der Waals surface area contributed by atoms with E-state index in [0.29, 0.717) is 17.5 Å². The number of carbonyl (C=O) groups excluding carboxylic acids is 2. The van der Waals surface area contributed by atoms with Crippen LogP contribution in [0.1, 0.15) is 41.0 Å². The van der Waals surface area contributed by atoms with Gasteiger partial charge < -0.3 is 10.1 Å². The highest BCUT2D eigenvalue weighted by molar-refractivity contribution is 5.97. The molecule has 0 aliphatic heterocycles. The summed E-state index contributed by atoms with van der Waals surface area (Å²) in [5.41, 5.74) is 1.24. The maximum atomic E-state index is 12.0. The minimum absolute atomic E-state index is 0.0522. The number of rotatable bonds is 8. The summed E-state index contributed by atoms with van der Waals surface area (Å²) in [5, 5.41) is 3.18. The second kappa shape index (κ2) is 8.99. The zero-order valence-corrected chi connectivity index (χ0v) is 14.1. The Bertz CT molecular complexity index is 655. The summed E-state index contributed by atoms with van der Waals surface area (Å²) in [6.07, 6.45) is 0.410. The summed E-state index contributed by atoms with van der Waals surface area (Å²) in [6, 6.07) is 18.2. The molecule has 2 aromatic rings. The molecule has 2 atom stereocenters. The first-order valence-corrected chi connectivity index (χ1v) is 8.14. The first-order chi connectivity index (χ1) is 11.6. The lowest BCUT2D eigenvalue weighted by atomic mass is 10.1. The molecular weight excluding hydrogens is 302 g/mol. The molecule has 24 heavy (non-hydrogen) atoms. The molecule has 0 radical (unpaired) electrons. The second-order valence-corrected chi connectivity index (χ2v) is 5.89. The number of carbonyl (C=O) groups is 2. The lowest BCUT2D eigenvalue weighted by Gasteiger charge is -2.19. The van der Waals surface area contributed by atoms with Crippen LogP contribution in [0, 0.1) is 0 Å². The highest BCUT2D eigenvalue weighted by Gasteiger charge is 2.15. The number of ketones is 1. The van der Waals surface area contributed by atoms with Gasteiger partial charge in [0, 0.05) is 11.6 Å². The standard InChI is InChI=1S/C20H23NO3/c1-15(21-14-19(22)17-9-5-3-6-10-17)13-16(2)24-20(23)18-11-7-4-8-12-18/h3-12,15-16,21H,13-14H2,1-2H3. The fraction of sp³-hybridized carbons (Fsp3) is 0.300. The van der Waals surface area contributed by atoms with Gasteiger partial charge in [-0.25, -0.2) is 4.79 Å². The van der Waals surface area contributed by atoms with Crippen molar-refractivity contribution in [3.8, 4) is 0 Å². The highest BCUT2D eigenvalue weighted by Crippen LogP contribution is 2.08. The molecule has 1 N–H and O–H groups in total. The highest BCUT2D eigenvalue weighted by atomic mass is 16.5. The van der Waals surface area contributed by atoms with Gasteiger partial charge in [0.2, 0.25) is 0 Å². The van der Waals surface area contributed by atoms with Crippen LogP contribution >= 0.6 is 0 Å². The van der Waals surface area contributed by atoms with E-state index in [-0.39, 0.29) is 30.4 Å². The molecular formula is C20H23NO3. The van der Waals surface area contributed by atoms with Crippen LogP contribution in [-0.2, 0) is 4.74 Å². The van der Waals surface area contributed by atoms with Gasteiger partial charge in [-0.3, -0.25) is 4.79 Å². The molecule has 0 saturated heterocycles. The van der Waals surface area contributed by atoms with Crippen LogP contribution in [0.15, 0.2) is 60.7 Å². The van der Waals surface area contributed by atoms with Crippen molar-refractivity contribution in [3.05, 3.63) is 71.8 Å². The molecule has 0 spiro atoms. The molecule has 2 unspecified atom stereocenters. The first kappa shape index (κ1) is 17.9. The van der Waals surface area contributed by atoms with Crippen LogP contribution in [0.25, 0.3) is 0 Å². The molecule has 2 aromatic carbocycles. The van der Waals surface area contributed by atoms with Gasteiger partial charge in [-0.1, -0.05) is 48.5 Å². The van der Waals surface area contributed by atoms with Crippen molar-refractivity contribution >= 4 is 11.8 Å². The predicted molar refractivity (Wildman–Crippen MR) is 94.2 cm³/mol. The Morgan fingerprint density at radius 3 is 2.04 bits per heavy atom. The Morgan fingerprint density at radius 1 is 0.917 bits per heavy atom. The number of ether oxygens (including phenoxy) is 1. The Kier molecular flexibility index (Phi) is 6.70. The third kappa shape index (κ3) is 5.63. The Balaban J connectivity index is 1.74. The van der Waals surface area contributed by atoms with Crippen LogP contribution in [0.2, 0.25) is 0 Å². The molecule has 4 nitrogen and oxygen atoms in total. The second-order valence-electron chi connectivity index (χ2n) is 5.89. The summed E-state index contributed by atoms with van der Waals surface area (Å²) >= 11 is 0. The van der Waals surface area contributed by atoms with Crippen molar-refractivity contribution in [1.82, 2.24) is 5.32 Å². The smallest absolute Gasteiger partial charge is 0.338 e. The van der Waals surface area contributed by atoms with Crippen LogP contribution in [0.3, 0.4) is 0 Å². The molecule has 126 valence electrons. The van der Waals surface area contributed by atoms with Crippen LogP contribution in [0.4, 0.5) is 0 Å². The first-order valence-electron chi connectivity index (χ1n) is 8.14. The van der Waals surface area contributed by atoms with Gasteiger partial charge in [-0.15, -0.1) is 0 Å². The van der Waals surface area contributed by atoms with E-state index >= 15 is 0 Å². The number of nitrogens with one attached hydrogen (secondary N) is 1. The minimum Gasteiger partial charge on any atom is -0.459 e. The monoisotopic (exact) mass is 325 g/mol. The molecule has 0 aliphatic carbocycles. The molecule has 0 amide bonds. The number of benzene rings is 2. The van der Waals surface area contributed by atoms with Gasteiger partial charge in [-0.2, -0.15) is 0 Å². The average Bonchev–Trinajstić information content (AvgIpc) is 2.61. The van der Waals surface area contributed by atoms with E-state index in [1.54, 1.807) is 36.4 Å². The minimum atomic E-state index is -0.323. The largest absolute Gasteiger partial charge is 0.459 e. The van der Waals surface area contributed by atoms with Gasteiger partial charge in [0.05, 0.1) is 12.1 Å². The number of hydrogen-bond acceptors (Lipinski definition) is 4. The van der Waals surface area contributed by atoms with E-state index in [1.807, 2.05) is 38.1 Å². The molecule has 4 heteroatoms. The van der Waals surface area contributed by atoms with E-state index in [9.17, 15) is 9.59 Å². The number of hydrogen-bond donors (Lipinski definition) is 1. The van der Waals surface area contributed by atoms with Crippen LogP contribution in [-0.4, -0.2) is 30.4 Å². The summed E-state index contributed by atoms with van der Waals surface area (Å²) in [5.74, 6) is -0.271. The summed E-state index contributed by atoms with van der Waals surface area (Å²) in [7, 11) is 0. The fourth-order valence-electron chi connectivity index (χ4n) is 2.45. The van der Waals surface area contributed by atoms with E-state index < -0.39 is 0 Å². The number of Topliss-reactive ketones (excluding diaryl/α,β-unsaturated/α-hetero) is 1. The van der Waals surface area contributed by atoms with Crippen molar-refractivity contribution < 1.29 is 14.3 Å². The zero-order chi connectivity index (χ0) is 17.4. The van der Waals surface area contributed by atoms with E-state index in [0.717, 1.165) is 0 Å². The molecule has 0 heterocycles. The topological polar surface area (TPSA) is 55.4 Å². The molecule has 0 saturated carbocycles. The van der Waals surface area contributed by atoms with E-state index in [4.69, 9.17) is 4.74 Å². The quantitative estimate of drug-likeness (QED) is 0.596. The van der Waals surface area contributed by atoms with Gasteiger partial charge in [-0.05, 0) is 32.4 Å². The number of esters is 1. The third-order valence-electron chi connectivity index (χ3n) is 3.71. The maximum Gasteiger partial charge on any atom is 0.338 e. The molecule has 0 aromatic heterocycles. The Hall–Kier alpha value is -2.46. The normalized spacial score (nSPS) is 13.1. The van der Waals surface area contributed by atoms with Crippen molar-refractivity contribution in [2.24, 2.45) is 0 Å². The van der Waals surface area contributed by atoms with Crippen molar-refractivity contribution in [3.63, 3.8) is 0 Å². The lowest BCUT2D eigenvalue weighted by Crippen LogP contribution is -2.34. The third-order valence-corrected chi connectivity index (χ3v) is 3.71. The predicted octanol–water partition coefficient (Wildman–Crippen LogP) is 3.48. The zero-order valence-electron chi connectivity index (χ0n) is 14.1. The molecule has 0 bridgehead atoms. The van der Waals surface area contributed by atoms with Crippen molar-refractivity contribution in [2.45, 2.75) is 32.4 Å². The molecule has 0 fully saturated rings. The summed E-state index contributed by atoms with van der Waals surface area (Å²) in [4.78, 5) is 24.0. The van der Waals surface area contributed by atoms with Crippen molar-refractivity contribution in [1.29, 1.82) is 0 Å². The summed E-state index contributed by atoms with van der Waals surface area (Å²) < 4.78 is 5.43. The van der Waals surface area contributed by atoms with Crippen molar-refractivity contribution in [2.75, 3.05) is 6.54 Å². The maximum absolute atomic E-state index is 12.0. The van der Waals surface area contributed by atoms with Gasteiger partial charge >= 0.3 is 5.97 Å². The summed E-state index contributed by atoms with van der Waals surface area (Å²) in [6.45, 7) is 4.10. The van der Waals surface area contributed by atoms with Gasteiger partial charge in [0.1, 0.15) is 6.10 Å².